The van der Waals surface area contributed by atoms with E-state index in [1.165, 1.54) is 32.1 Å². The van der Waals surface area contributed by atoms with Gasteiger partial charge in [0.05, 0.1) is 5.41 Å². The summed E-state index contributed by atoms with van der Waals surface area (Å²) in [6.45, 7) is 12.2. The molecule has 1 aliphatic rings. The van der Waals surface area contributed by atoms with Crippen molar-refractivity contribution in [3.8, 4) is 0 Å². The van der Waals surface area contributed by atoms with E-state index in [0.29, 0.717) is 12.5 Å². The Balaban J connectivity index is 2.60. The molecule has 1 fully saturated rings. The predicted molar refractivity (Wildman–Crippen MR) is 93.0 cm³/mol. The largest absolute Gasteiger partial charge is 0.464 e. The second kappa shape index (κ2) is 10.3. The molecule has 130 valence electrons. The SMILES string of the molecule is CCC(CC)CC1(C(=O)OCCN(CC)CC)CCCCC1. The van der Waals surface area contributed by atoms with E-state index in [1.54, 1.807) is 0 Å². The van der Waals surface area contributed by atoms with E-state index in [4.69, 9.17) is 4.74 Å². The minimum Gasteiger partial charge on any atom is -0.464 e. The summed E-state index contributed by atoms with van der Waals surface area (Å²) in [7, 11) is 0. The predicted octanol–water partition coefficient (Wildman–Crippen LogP) is 4.65. The molecule has 0 amide bonds. The van der Waals surface area contributed by atoms with Crippen molar-refractivity contribution in [2.24, 2.45) is 11.3 Å². The van der Waals surface area contributed by atoms with Gasteiger partial charge in [-0.1, -0.05) is 59.8 Å². The Morgan fingerprint density at radius 3 is 2.14 bits per heavy atom. The van der Waals surface area contributed by atoms with E-state index in [1.807, 2.05) is 0 Å². The molecule has 0 aromatic rings. The lowest BCUT2D eigenvalue weighted by molar-refractivity contribution is -0.160. The second-order valence-electron chi connectivity index (χ2n) is 6.89. The van der Waals surface area contributed by atoms with E-state index >= 15 is 0 Å². The Morgan fingerprint density at radius 2 is 1.64 bits per heavy atom. The first-order valence-corrected chi connectivity index (χ1v) is 9.51. The van der Waals surface area contributed by atoms with Crippen LogP contribution in [0.25, 0.3) is 0 Å². The van der Waals surface area contributed by atoms with Crippen LogP contribution in [0.4, 0.5) is 0 Å². The smallest absolute Gasteiger partial charge is 0.312 e. The summed E-state index contributed by atoms with van der Waals surface area (Å²) < 4.78 is 5.73. The number of hydrogen-bond acceptors (Lipinski definition) is 3. The highest BCUT2D eigenvalue weighted by Crippen LogP contribution is 2.43. The van der Waals surface area contributed by atoms with Crippen molar-refractivity contribution in [3.63, 3.8) is 0 Å². The Labute approximate surface area is 137 Å². The molecule has 1 saturated carbocycles. The van der Waals surface area contributed by atoms with Gasteiger partial charge in [-0.05, 0) is 38.3 Å². The Morgan fingerprint density at radius 1 is 1.05 bits per heavy atom. The van der Waals surface area contributed by atoms with Crippen LogP contribution in [0.15, 0.2) is 0 Å². The summed E-state index contributed by atoms with van der Waals surface area (Å²) in [6.07, 6.45) is 9.09. The molecule has 0 aromatic carbocycles. The van der Waals surface area contributed by atoms with Crippen molar-refractivity contribution in [2.75, 3.05) is 26.2 Å². The van der Waals surface area contributed by atoms with Gasteiger partial charge in [-0.2, -0.15) is 0 Å². The fourth-order valence-corrected chi connectivity index (χ4v) is 3.81. The monoisotopic (exact) mass is 311 g/mol. The van der Waals surface area contributed by atoms with Crippen LogP contribution in [0.2, 0.25) is 0 Å². The molecule has 0 bridgehead atoms. The number of rotatable bonds is 10. The first kappa shape index (κ1) is 19.5. The quantitative estimate of drug-likeness (QED) is 0.550. The van der Waals surface area contributed by atoms with Crippen LogP contribution >= 0.6 is 0 Å². The minimum atomic E-state index is -0.182. The van der Waals surface area contributed by atoms with Gasteiger partial charge in [0.1, 0.15) is 6.61 Å². The van der Waals surface area contributed by atoms with Gasteiger partial charge in [0, 0.05) is 6.54 Å². The molecule has 0 N–H and O–H groups in total. The van der Waals surface area contributed by atoms with Crippen LogP contribution in [0.1, 0.15) is 79.1 Å². The normalized spacial score (nSPS) is 17.9. The lowest BCUT2D eigenvalue weighted by Gasteiger charge is -2.37. The minimum absolute atomic E-state index is 0.0891. The Kier molecular flexibility index (Phi) is 9.08. The number of carbonyl (C=O) groups excluding carboxylic acids is 1. The summed E-state index contributed by atoms with van der Waals surface area (Å²) in [5.41, 5.74) is -0.182. The standard InChI is InChI=1S/C19H37NO2/c1-5-17(6-2)16-19(12-10-9-11-13-19)18(21)22-15-14-20(7-3)8-4/h17H,5-16H2,1-4H3. The molecule has 3 heteroatoms. The highest BCUT2D eigenvalue weighted by Gasteiger charge is 2.41. The maximum absolute atomic E-state index is 12.8. The maximum atomic E-state index is 12.8. The summed E-state index contributed by atoms with van der Waals surface area (Å²) in [4.78, 5) is 15.1. The number of esters is 1. The van der Waals surface area contributed by atoms with Gasteiger partial charge in [0.2, 0.25) is 0 Å². The zero-order valence-corrected chi connectivity index (χ0v) is 15.3. The lowest BCUT2D eigenvalue weighted by atomic mass is 9.68. The number of likely N-dealkylation sites (N-methyl/N-ethyl adjacent to an activating group) is 1. The Bertz CT molecular complexity index is 303. The molecule has 0 heterocycles. The van der Waals surface area contributed by atoms with E-state index in [2.05, 4.69) is 32.6 Å². The number of nitrogens with zero attached hydrogens (tertiary/aromatic N) is 1. The van der Waals surface area contributed by atoms with E-state index < -0.39 is 0 Å². The fourth-order valence-electron chi connectivity index (χ4n) is 3.81. The number of hydrogen-bond donors (Lipinski definition) is 0. The topological polar surface area (TPSA) is 29.5 Å². The zero-order valence-electron chi connectivity index (χ0n) is 15.3. The van der Waals surface area contributed by atoms with Crippen LogP contribution in [-0.2, 0) is 9.53 Å². The Hall–Kier alpha value is -0.570. The summed E-state index contributed by atoms with van der Waals surface area (Å²) >= 11 is 0. The summed E-state index contributed by atoms with van der Waals surface area (Å²) in [6, 6.07) is 0. The van der Waals surface area contributed by atoms with Gasteiger partial charge >= 0.3 is 5.97 Å². The van der Waals surface area contributed by atoms with Gasteiger partial charge in [-0.3, -0.25) is 4.79 Å². The van der Waals surface area contributed by atoms with E-state index in [9.17, 15) is 4.79 Å². The lowest BCUT2D eigenvalue weighted by Crippen LogP contribution is -2.38. The van der Waals surface area contributed by atoms with Crippen molar-refractivity contribution in [1.29, 1.82) is 0 Å². The summed E-state index contributed by atoms with van der Waals surface area (Å²) in [5, 5.41) is 0. The van der Waals surface area contributed by atoms with Gasteiger partial charge < -0.3 is 9.64 Å². The first-order chi connectivity index (χ1) is 10.6. The molecule has 0 aliphatic heterocycles. The van der Waals surface area contributed by atoms with Crippen LogP contribution < -0.4 is 0 Å². The van der Waals surface area contributed by atoms with E-state index in [-0.39, 0.29) is 11.4 Å². The molecule has 22 heavy (non-hydrogen) atoms. The average Bonchev–Trinajstić information content (AvgIpc) is 2.57. The molecule has 0 saturated heterocycles. The zero-order chi connectivity index (χ0) is 16.4. The van der Waals surface area contributed by atoms with Crippen molar-refractivity contribution < 1.29 is 9.53 Å². The van der Waals surface area contributed by atoms with Crippen molar-refractivity contribution in [2.45, 2.75) is 79.1 Å². The third-order valence-electron chi connectivity index (χ3n) is 5.61. The van der Waals surface area contributed by atoms with Crippen molar-refractivity contribution in [3.05, 3.63) is 0 Å². The molecule has 0 aromatic heterocycles. The van der Waals surface area contributed by atoms with Gasteiger partial charge in [0.25, 0.3) is 0 Å². The van der Waals surface area contributed by atoms with Gasteiger partial charge in [0.15, 0.2) is 0 Å². The number of carbonyl (C=O) groups is 1. The van der Waals surface area contributed by atoms with Crippen LogP contribution in [0.3, 0.4) is 0 Å². The van der Waals surface area contributed by atoms with Crippen LogP contribution in [-0.4, -0.2) is 37.1 Å². The molecule has 0 radical (unpaired) electrons. The molecular weight excluding hydrogens is 274 g/mol. The van der Waals surface area contributed by atoms with E-state index in [0.717, 1.165) is 38.9 Å². The van der Waals surface area contributed by atoms with Crippen LogP contribution in [0, 0.1) is 11.3 Å². The third kappa shape index (κ3) is 5.57. The van der Waals surface area contributed by atoms with Crippen molar-refractivity contribution >= 4 is 5.97 Å². The van der Waals surface area contributed by atoms with Crippen molar-refractivity contribution in [1.82, 2.24) is 4.90 Å². The highest BCUT2D eigenvalue weighted by atomic mass is 16.5. The first-order valence-electron chi connectivity index (χ1n) is 9.51. The molecule has 3 nitrogen and oxygen atoms in total. The van der Waals surface area contributed by atoms with Gasteiger partial charge in [-0.15, -0.1) is 0 Å². The fraction of sp³-hybridized carbons (Fsp3) is 0.947. The molecule has 1 rings (SSSR count). The maximum Gasteiger partial charge on any atom is 0.312 e. The molecule has 0 atom stereocenters. The second-order valence-corrected chi connectivity index (χ2v) is 6.89. The third-order valence-corrected chi connectivity index (χ3v) is 5.61. The average molecular weight is 312 g/mol. The van der Waals surface area contributed by atoms with Gasteiger partial charge in [-0.25, -0.2) is 0 Å². The molecule has 1 aliphatic carbocycles. The van der Waals surface area contributed by atoms with Crippen LogP contribution in [0.5, 0.6) is 0 Å². The molecule has 0 unspecified atom stereocenters. The molecule has 0 spiro atoms. The molecular formula is C19H37NO2. The number of ether oxygens (including phenoxy) is 1. The highest BCUT2D eigenvalue weighted by molar-refractivity contribution is 5.77. The summed E-state index contributed by atoms with van der Waals surface area (Å²) in [5.74, 6) is 0.750.